The van der Waals surface area contributed by atoms with Gasteiger partial charge in [-0.25, -0.2) is 24.2 Å². The van der Waals surface area contributed by atoms with E-state index in [1.54, 1.807) is 0 Å². The number of hydrogen-bond acceptors (Lipinski definition) is 10. The molecule has 0 aliphatic heterocycles. The summed E-state index contributed by atoms with van der Waals surface area (Å²) in [6.07, 6.45) is -10.8. The van der Waals surface area contributed by atoms with Crippen LogP contribution >= 0.6 is 34.3 Å². The number of ether oxygens (including phenoxy) is 2. The van der Waals surface area contributed by atoms with Crippen molar-refractivity contribution in [2.75, 3.05) is 13.2 Å². The van der Waals surface area contributed by atoms with E-state index in [0.717, 1.165) is 35.0 Å². The summed E-state index contributed by atoms with van der Waals surface area (Å²) in [7, 11) is 0. The number of benzene rings is 1. The second-order valence-corrected chi connectivity index (χ2v) is 11.6. The maximum absolute atomic E-state index is 14.9. The van der Waals surface area contributed by atoms with Crippen LogP contribution in [0.4, 0.5) is 26.3 Å². The van der Waals surface area contributed by atoms with Gasteiger partial charge in [0.05, 0.1) is 24.3 Å². The van der Waals surface area contributed by atoms with Crippen LogP contribution in [-0.2, 0) is 21.8 Å². The first-order valence-corrected chi connectivity index (χ1v) is 15.6. The molecule has 254 valence electrons. The van der Waals surface area contributed by atoms with Crippen LogP contribution in [0.2, 0.25) is 5.02 Å². The molecule has 0 fully saturated rings. The number of thiazole rings is 2. The molecule has 0 aliphatic rings. The minimum atomic E-state index is -5.44. The molecule has 0 bridgehead atoms. The maximum Gasteiger partial charge on any atom is 0.433 e. The Morgan fingerprint density at radius 3 is 1.83 bits per heavy atom. The zero-order valence-corrected chi connectivity index (χ0v) is 26.5. The lowest BCUT2D eigenvalue weighted by molar-refractivity contribution is -0.143. The molecule has 0 unspecified atom stereocenters. The molecule has 0 aliphatic carbocycles. The van der Waals surface area contributed by atoms with Crippen molar-refractivity contribution < 1.29 is 45.4 Å². The van der Waals surface area contributed by atoms with Crippen LogP contribution in [-0.4, -0.2) is 54.7 Å². The molecule has 1 atom stereocenters. The summed E-state index contributed by atoms with van der Waals surface area (Å²) in [6, 6.07) is 4.43. The maximum atomic E-state index is 14.9. The fraction of sp³-hybridized carbons (Fsp3) is 0.259. The van der Waals surface area contributed by atoms with E-state index < -0.39 is 79.8 Å². The van der Waals surface area contributed by atoms with Crippen molar-refractivity contribution in [1.29, 1.82) is 0 Å². The fourth-order valence-electron chi connectivity index (χ4n) is 4.67. The van der Waals surface area contributed by atoms with Gasteiger partial charge in [0, 0.05) is 21.7 Å². The molecule has 0 saturated heterocycles. The molecule has 0 amide bonds. The Kier molecular flexibility index (Phi) is 9.44. The van der Waals surface area contributed by atoms with Crippen LogP contribution < -0.4 is 11.1 Å². The van der Waals surface area contributed by atoms with E-state index in [1.807, 2.05) is 10.2 Å². The second kappa shape index (κ2) is 13.1. The number of H-pyrrole nitrogens is 2. The van der Waals surface area contributed by atoms with E-state index in [0.29, 0.717) is 27.4 Å². The van der Waals surface area contributed by atoms with Crippen molar-refractivity contribution >= 4 is 46.2 Å². The van der Waals surface area contributed by atoms with Crippen molar-refractivity contribution in [1.82, 2.24) is 29.5 Å². The van der Waals surface area contributed by atoms with Crippen LogP contribution in [0.15, 0.2) is 44.6 Å². The molecule has 48 heavy (non-hydrogen) atoms. The Morgan fingerprint density at radius 1 is 0.833 bits per heavy atom. The first-order valence-electron chi connectivity index (χ1n) is 13.4. The Labute approximate surface area is 276 Å². The van der Waals surface area contributed by atoms with E-state index in [-0.39, 0.29) is 34.2 Å². The zero-order chi connectivity index (χ0) is 35.1. The van der Waals surface area contributed by atoms with Gasteiger partial charge in [-0.05, 0) is 31.5 Å². The summed E-state index contributed by atoms with van der Waals surface area (Å²) in [4.78, 5) is 59.3. The Morgan fingerprint density at radius 2 is 1.35 bits per heavy atom. The summed E-state index contributed by atoms with van der Waals surface area (Å²) in [5, 5.41) is 4.95. The SMILES string of the molecule is CCOC(=O)c1csc(-n2[nH]c(=O)c([C@@H](c3ccc(Cl)cc3)c3c(C(F)(F)F)[nH]n(-c4nc(C(=O)OCC)cs4)c3=O)c2C(F)(F)F)n1. The van der Waals surface area contributed by atoms with Crippen LogP contribution in [0.3, 0.4) is 0 Å². The van der Waals surface area contributed by atoms with Gasteiger partial charge in [0.15, 0.2) is 17.1 Å². The number of carbonyl (C=O) groups excluding carboxylic acids is 2. The summed E-state index contributed by atoms with van der Waals surface area (Å²) in [6.45, 7) is 2.85. The molecule has 0 radical (unpaired) electrons. The first kappa shape index (κ1) is 34.6. The average molecular weight is 737 g/mol. The number of nitrogens with one attached hydrogen (secondary N) is 2. The molecule has 1 aromatic carbocycles. The topological polar surface area (TPSA) is 154 Å². The van der Waals surface area contributed by atoms with Crippen LogP contribution in [0.5, 0.6) is 0 Å². The normalized spacial score (nSPS) is 12.7. The Bertz CT molecular complexity index is 2110. The van der Waals surface area contributed by atoms with E-state index in [1.165, 1.54) is 13.8 Å². The third-order valence-electron chi connectivity index (χ3n) is 6.53. The van der Waals surface area contributed by atoms with Crippen LogP contribution in [0, 0.1) is 0 Å². The highest BCUT2D eigenvalue weighted by molar-refractivity contribution is 7.12. The van der Waals surface area contributed by atoms with Gasteiger partial charge in [0.25, 0.3) is 11.1 Å². The fourth-order valence-corrected chi connectivity index (χ4v) is 6.31. The van der Waals surface area contributed by atoms with E-state index in [2.05, 4.69) is 9.97 Å². The number of rotatable bonds is 9. The lowest BCUT2D eigenvalue weighted by atomic mass is 9.84. The van der Waals surface area contributed by atoms with Crippen molar-refractivity contribution in [3.63, 3.8) is 0 Å². The summed E-state index contributed by atoms with van der Waals surface area (Å²) in [5.74, 6) is -4.23. The molecule has 21 heteroatoms. The highest BCUT2D eigenvalue weighted by atomic mass is 35.5. The van der Waals surface area contributed by atoms with Gasteiger partial charge in [-0.2, -0.15) is 31.0 Å². The van der Waals surface area contributed by atoms with Crippen LogP contribution in [0.1, 0.15) is 68.8 Å². The van der Waals surface area contributed by atoms with Crippen molar-refractivity contribution in [2.24, 2.45) is 0 Å². The Hall–Kier alpha value is -4.69. The van der Waals surface area contributed by atoms with E-state index in [4.69, 9.17) is 21.1 Å². The highest BCUT2D eigenvalue weighted by Crippen LogP contribution is 2.43. The number of halogens is 7. The third-order valence-corrected chi connectivity index (χ3v) is 8.44. The van der Waals surface area contributed by atoms with Gasteiger partial charge in [-0.15, -0.1) is 22.7 Å². The number of carbonyl (C=O) groups is 2. The largest absolute Gasteiger partial charge is 0.461 e. The quantitative estimate of drug-likeness (QED) is 0.143. The molecule has 4 aromatic heterocycles. The van der Waals surface area contributed by atoms with E-state index >= 15 is 0 Å². The minimum absolute atomic E-state index is 0.0473. The summed E-state index contributed by atoms with van der Waals surface area (Å²) in [5.41, 5.74) is -10.3. The third kappa shape index (κ3) is 6.54. The van der Waals surface area contributed by atoms with Gasteiger partial charge >= 0.3 is 24.3 Å². The van der Waals surface area contributed by atoms with Gasteiger partial charge in [0.2, 0.25) is 10.3 Å². The molecule has 5 rings (SSSR count). The average Bonchev–Trinajstić information content (AvgIpc) is 3.80. The lowest BCUT2D eigenvalue weighted by Gasteiger charge is -2.20. The molecule has 2 N–H and O–H groups in total. The standard InChI is InChI=1S/C27H19ClF6N6O6S2/c1-3-45-22(43)13-9-47-24(35-13)39-19(27(32,33)34)17(20(41)38-39)15(11-5-7-12(28)8-6-11)16-18(26(29,30)31)37-40(21(16)42)25-36-14(10-48-25)23(44)46-4-2/h5-10,15,37H,3-4H2,1-2H3,(H,38,41)/t15-/m0/s1. The van der Waals surface area contributed by atoms with Gasteiger partial charge < -0.3 is 9.47 Å². The molecule has 0 saturated carbocycles. The summed E-state index contributed by atoms with van der Waals surface area (Å²) >= 11 is 7.02. The van der Waals surface area contributed by atoms with E-state index in [9.17, 15) is 45.5 Å². The highest BCUT2D eigenvalue weighted by Gasteiger charge is 2.47. The molecular weight excluding hydrogens is 718 g/mol. The summed E-state index contributed by atoms with van der Waals surface area (Å²) < 4.78 is 98.7. The monoisotopic (exact) mass is 736 g/mol. The zero-order valence-electron chi connectivity index (χ0n) is 24.2. The number of aromatic amines is 2. The predicted octanol–water partition coefficient (Wildman–Crippen LogP) is 5.78. The second-order valence-electron chi connectivity index (χ2n) is 9.53. The minimum Gasteiger partial charge on any atom is -0.461 e. The number of nitrogens with zero attached hydrogens (tertiary/aromatic N) is 4. The van der Waals surface area contributed by atoms with Gasteiger partial charge in [-0.1, -0.05) is 23.7 Å². The Balaban J connectivity index is 1.82. The van der Waals surface area contributed by atoms with Crippen molar-refractivity contribution in [3.8, 4) is 10.3 Å². The van der Waals surface area contributed by atoms with Crippen molar-refractivity contribution in [3.05, 3.63) is 100 Å². The number of hydrogen-bond donors (Lipinski definition) is 2. The van der Waals surface area contributed by atoms with Crippen molar-refractivity contribution in [2.45, 2.75) is 32.1 Å². The van der Waals surface area contributed by atoms with Crippen LogP contribution in [0.25, 0.3) is 10.3 Å². The number of esters is 2. The molecule has 4 heterocycles. The molecular formula is C27H19ClF6N6O6S2. The van der Waals surface area contributed by atoms with Gasteiger partial charge in [-0.3, -0.25) is 19.8 Å². The first-order chi connectivity index (χ1) is 22.6. The van der Waals surface area contributed by atoms with Gasteiger partial charge in [0.1, 0.15) is 5.69 Å². The lowest BCUT2D eigenvalue weighted by Crippen LogP contribution is -2.26. The smallest absolute Gasteiger partial charge is 0.433 e. The molecule has 5 aromatic rings. The molecule has 0 spiro atoms. The number of aromatic nitrogens is 6. The predicted molar refractivity (Wildman–Crippen MR) is 158 cm³/mol. The molecule has 12 nitrogen and oxygen atoms in total. The number of alkyl halides is 6.